The molecule has 1 atom stereocenters. The quantitative estimate of drug-likeness (QED) is 0.823. The molecule has 0 saturated carbocycles. The Morgan fingerprint density at radius 1 is 1.04 bits per heavy atom. The minimum absolute atomic E-state index is 0.0693. The zero-order valence-corrected chi connectivity index (χ0v) is 14.5. The van der Waals surface area contributed by atoms with E-state index in [1.54, 1.807) is 12.1 Å². The number of imide groups is 1. The van der Waals surface area contributed by atoms with Crippen LogP contribution in [0, 0.1) is 6.92 Å². The Morgan fingerprint density at radius 2 is 1.68 bits per heavy atom. The lowest BCUT2D eigenvalue weighted by Crippen LogP contribution is -2.41. The largest absolute Gasteiger partial charge is 0.277 e. The highest BCUT2D eigenvalue weighted by molar-refractivity contribution is 7.89. The van der Waals surface area contributed by atoms with Gasteiger partial charge in [0.15, 0.2) is 0 Å². The monoisotopic (exact) mass is 358 g/mol. The number of hydrogen-bond donors (Lipinski definition) is 1. The van der Waals surface area contributed by atoms with Crippen molar-refractivity contribution in [1.82, 2.24) is 9.62 Å². The third-order valence-electron chi connectivity index (χ3n) is 4.06. The van der Waals surface area contributed by atoms with Crippen molar-refractivity contribution in [2.75, 3.05) is 0 Å². The fourth-order valence-electron chi connectivity index (χ4n) is 2.68. The summed E-state index contributed by atoms with van der Waals surface area (Å²) in [6.45, 7) is 1.99. The predicted molar refractivity (Wildman–Crippen MR) is 91.9 cm³/mol. The molecule has 130 valence electrons. The maximum Gasteiger partial charge on any atom is 0.248 e. The van der Waals surface area contributed by atoms with Crippen molar-refractivity contribution in [2.24, 2.45) is 0 Å². The van der Waals surface area contributed by atoms with Crippen molar-refractivity contribution in [3.05, 3.63) is 65.7 Å². The molecule has 2 amide bonds. The van der Waals surface area contributed by atoms with E-state index in [0.29, 0.717) is 0 Å². The number of carbonyl (C=O) groups is 2. The van der Waals surface area contributed by atoms with Gasteiger partial charge in [-0.05, 0) is 24.6 Å². The molecule has 1 heterocycles. The molecule has 1 saturated heterocycles. The number of aryl methyl sites for hydroxylation is 1. The summed E-state index contributed by atoms with van der Waals surface area (Å²) in [7, 11) is -3.86. The lowest BCUT2D eigenvalue weighted by molar-refractivity contribution is -0.139. The molecule has 7 heteroatoms. The summed E-state index contributed by atoms with van der Waals surface area (Å²) in [5, 5.41) is 0. The third kappa shape index (κ3) is 3.78. The van der Waals surface area contributed by atoms with Crippen LogP contribution in [0.2, 0.25) is 0 Å². The number of carbonyl (C=O) groups excluding carboxylic acids is 2. The molecule has 6 nitrogen and oxygen atoms in total. The van der Waals surface area contributed by atoms with Crippen molar-refractivity contribution in [3.8, 4) is 0 Å². The first-order valence-corrected chi connectivity index (χ1v) is 9.32. The van der Waals surface area contributed by atoms with Gasteiger partial charge in [-0.25, -0.2) is 8.42 Å². The molecule has 1 aliphatic rings. The summed E-state index contributed by atoms with van der Waals surface area (Å²) in [5.41, 5.74) is 1.74. The second-order valence-electron chi connectivity index (χ2n) is 5.99. The standard InChI is InChI=1S/C18H18N2O4S/c1-13-7-9-15(10-8-13)25(23,24)19-16-11-17(21)20(18(16)22)12-14-5-3-2-4-6-14/h2-10,16,19H,11-12H2,1H3/t16-/m0/s1. The van der Waals surface area contributed by atoms with E-state index in [2.05, 4.69) is 4.72 Å². The molecule has 25 heavy (non-hydrogen) atoms. The van der Waals surface area contributed by atoms with Gasteiger partial charge in [-0.2, -0.15) is 4.72 Å². The molecule has 0 unspecified atom stereocenters. The van der Waals surface area contributed by atoms with Crippen LogP contribution >= 0.6 is 0 Å². The van der Waals surface area contributed by atoms with Crippen LogP contribution in [0.25, 0.3) is 0 Å². The Bertz CT molecular complexity index is 892. The maximum atomic E-state index is 12.5. The van der Waals surface area contributed by atoms with E-state index >= 15 is 0 Å². The molecule has 2 aromatic carbocycles. The molecule has 1 fully saturated rings. The Morgan fingerprint density at radius 3 is 2.32 bits per heavy atom. The highest BCUT2D eigenvalue weighted by atomic mass is 32.2. The van der Waals surface area contributed by atoms with Crippen LogP contribution in [-0.2, 0) is 26.2 Å². The number of nitrogens with one attached hydrogen (secondary N) is 1. The van der Waals surface area contributed by atoms with Crippen molar-refractivity contribution in [3.63, 3.8) is 0 Å². The van der Waals surface area contributed by atoms with E-state index in [9.17, 15) is 18.0 Å². The first-order valence-electron chi connectivity index (χ1n) is 7.84. The molecule has 0 spiro atoms. The lowest BCUT2D eigenvalue weighted by atomic mass is 10.2. The second kappa shape index (κ2) is 6.78. The van der Waals surface area contributed by atoms with Crippen LogP contribution in [-0.4, -0.2) is 31.2 Å². The maximum absolute atomic E-state index is 12.5. The van der Waals surface area contributed by atoms with Crippen molar-refractivity contribution < 1.29 is 18.0 Å². The van der Waals surface area contributed by atoms with Crippen LogP contribution < -0.4 is 4.72 Å². The Hall–Kier alpha value is -2.51. The van der Waals surface area contributed by atoms with Crippen LogP contribution in [0.1, 0.15) is 17.5 Å². The number of likely N-dealkylation sites (tertiary alicyclic amines) is 1. The predicted octanol–water partition coefficient (Wildman–Crippen LogP) is 1.60. The zero-order valence-electron chi connectivity index (χ0n) is 13.7. The van der Waals surface area contributed by atoms with Crippen molar-refractivity contribution >= 4 is 21.8 Å². The van der Waals surface area contributed by atoms with Crippen molar-refractivity contribution in [2.45, 2.75) is 30.8 Å². The summed E-state index contributed by atoms with van der Waals surface area (Å²) in [4.78, 5) is 25.8. The molecule has 0 bridgehead atoms. The molecule has 0 aromatic heterocycles. The SMILES string of the molecule is Cc1ccc(S(=O)(=O)N[C@H]2CC(=O)N(Cc3ccccc3)C2=O)cc1. The van der Waals surface area contributed by atoms with Gasteiger partial charge in [0.05, 0.1) is 17.9 Å². The molecule has 0 radical (unpaired) electrons. The first kappa shape index (κ1) is 17.3. The number of nitrogens with zero attached hydrogens (tertiary/aromatic N) is 1. The van der Waals surface area contributed by atoms with E-state index in [1.807, 2.05) is 37.3 Å². The minimum atomic E-state index is -3.86. The summed E-state index contributed by atoms with van der Waals surface area (Å²) < 4.78 is 27.2. The smallest absolute Gasteiger partial charge is 0.248 e. The highest BCUT2D eigenvalue weighted by Gasteiger charge is 2.40. The van der Waals surface area contributed by atoms with Gasteiger partial charge in [0, 0.05) is 0 Å². The molecular formula is C18H18N2O4S. The number of benzene rings is 2. The second-order valence-corrected chi connectivity index (χ2v) is 7.71. The van der Waals surface area contributed by atoms with Gasteiger partial charge in [0.2, 0.25) is 21.8 Å². The van der Waals surface area contributed by atoms with E-state index < -0.39 is 22.0 Å². The Kier molecular flexibility index (Phi) is 4.69. The topological polar surface area (TPSA) is 83.6 Å². The van der Waals surface area contributed by atoms with Crippen LogP contribution in [0.5, 0.6) is 0 Å². The van der Waals surface area contributed by atoms with E-state index in [0.717, 1.165) is 16.0 Å². The molecule has 1 aliphatic heterocycles. The van der Waals surface area contributed by atoms with E-state index in [4.69, 9.17) is 0 Å². The van der Waals surface area contributed by atoms with Gasteiger partial charge in [-0.15, -0.1) is 0 Å². The van der Waals surface area contributed by atoms with E-state index in [-0.39, 0.29) is 23.8 Å². The van der Waals surface area contributed by atoms with Crippen LogP contribution in [0.15, 0.2) is 59.5 Å². The first-order chi connectivity index (χ1) is 11.9. The van der Waals surface area contributed by atoms with Gasteiger partial charge in [-0.1, -0.05) is 48.0 Å². The van der Waals surface area contributed by atoms with Crippen LogP contribution in [0.3, 0.4) is 0 Å². The number of rotatable bonds is 5. The summed E-state index contributed by atoms with van der Waals surface area (Å²) >= 11 is 0. The molecular weight excluding hydrogens is 340 g/mol. The van der Waals surface area contributed by atoms with Crippen molar-refractivity contribution in [1.29, 1.82) is 0 Å². The van der Waals surface area contributed by atoms with Gasteiger partial charge in [0.1, 0.15) is 6.04 Å². The number of hydrogen-bond acceptors (Lipinski definition) is 4. The number of amides is 2. The third-order valence-corrected chi connectivity index (χ3v) is 5.54. The lowest BCUT2D eigenvalue weighted by Gasteiger charge is -2.15. The van der Waals surface area contributed by atoms with Gasteiger partial charge in [0.25, 0.3) is 0 Å². The zero-order chi connectivity index (χ0) is 18.0. The van der Waals surface area contributed by atoms with Gasteiger partial charge < -0.3 is 0 Å². The highest BCUT2D eigenvalue weighted by Crippen LogP contribution is 2.19. The summed E-state index contributed by atoms with van der Waals surface area (Å²) in [6, 6.07) is 14.3. The molecule has 2 aromatic rings. The molecule has 0 aliphatic carbocycles. The fraction of sp³-hybridized carbons (Fsp3) is 0.222. The minimum Gasteiger partial charge on any atom is -0.277 e. The Balaban J connectivity index is 1.74. The Labute approximate surface area is 146 Å². The fourth-order valence-corrected chi connectivity index (χ4v) is 3.87. The normalized spacial score (nSPS) is 18.0. The summed E-state index contributed by atoms with van der Waals surface area (Å²) in [5.74, 6) is -0.907. The average Bonchev–Trinajstić information content (AvgIpc) is 2.83. The number of sulfonamides is 1. The summed E-state index contributed by atoms with van der Waals surface area (Å²) in [6.07, 6.45) is -0.170. The molecule has 3 rings (SSSR count). The van der Waals surface area contributed by atoms with E-state index in [1.165, 1.54) is 12.1 Å². The van der Waals surface area contributed by atoms with Gasteiger partial charge in [-0.3, -0.25) is 14.5 Å². The van der Waals surface area contributed by atoms with Gasteiger partial charge >= 0.3 is 0 Å². The average molecular weight is 358 g/mol. The molecule has 1 N–H and O–H groups in total. The van der Waals surface area contributed by atoms with Crippen LogP contribution in [0.4, 0.5) is 0 Å².